The topological polar surface area (TPSA) is 98.8 Å². The lowest BCUT2D eigenvalue weighted by atomic mass is 9.82. The average molecular weight is 555 g/mol. The maximum absolute atomic E-state index is 13.0. The van der Waals surface area contributed by atoms with Gasteiger partial charge in [-0.2, -0.15) is 4.31 Å². The lowest BCUT2D eigenvalue weighted by Crippen LogP contribution is -2.53. The van der Waals surface area contributed by atoms with Crippen molar-refractivity contribution >= 4 is 22.0 Å². The highest BCUT2D eigenvalue weighted by molar-refractivity contribution is 7.89. The Bertz CT molecular complexity index is 917. The Morgan fingerprint density at radius 3 is 2.29 bits per heavy atom. The fraction of sp³-hybridized carbons (Fsp3) is 0.724. The molecule has 2 heterocycles. The van der Waals surface area contributed by atoms with E-state index >= 15 is 0 Å². The Morgan fingerprint density at radius 1 is 1.05 bits per heavy atom. The van der Waals surface area contributed by atoms with Crippen LogP contribution in [0.15, 0.2) is 37.5 Å². The van der Waals surface area contributed by atoms with E-state index in [9.17, 15) is 18.0 Å². The van der Waals surface area contributed by atoms with Gasteiger partial charge in [-0.3, -0.25) is 4.79 Å². The molecular formula is C29H54N4O4S. The molecule has 0 radical (unpaired) electrons. The van der Waals surface area contributed by atoms with E-state index in [2.05, 4.69) is 37.6 Å². The summed E-state index contributed by atoms with van der Waals surface area (Å²) in [6.07, 6.45) is 18.7. The molecule has 38 heavy (non-hydrogen) atoms. The molecule has 2 N–H and O–H groups in total. The summed E-state index contributed by atoms with van der Waals surface area (Å²) < 4.78 is 27.6. The van der Waals surface area contributed by atoms with E-state index in [1.807, 2.05) is 24.3 Å². The van der Waals surface area contributed by atoms with E-state index in [1.165, 1.54) is 19.3 Å². The smallest absolute Gasteiger partial charge is 0.315 e. The first-order valence-electron chi connectivity index (χ1n) is 14.4. The van der Waals surface area contributed by atoms with Crippen LogP contribution in [0.25, 0.3) is 0 Å². The number of likely N-dealkylation sites (tertiary alicyclic amines) is 1. The number of carbonyl (C=O) groups is 2. The van der Waals surface area contributed by atoms with Crippen LogP contribution in [0, 0.1) is 11.3 Å². The van der Waals surface area contributed by atoms with Crippen molar-refractivity contribution in [2.24, 2.45) is 11.3 Å². The van der Waals surface area contributed by atoms with Gasteiger partial charge in [-0.25, -0.2) is 13.2 Å². The molecule has 4 aliphatic rings. The van der Waals surface area contributed by atoms with Crippen LogP contribution in [-0.4, -0.2) is 74.1 Å². The van der Waals surface area contributed by atoms with E-state index in [1.54, 1.807) is 9.21 Å². The van der Waals surface area contributed by atoms with Gasteiger partial charge in [0.2, 0.25) is 15.9 Å². The molecule has 3 fully saturated rings. The lowest BCUT2D eigenvalue weighted by Gasteiger charge is -2.33. The maximum Gasteiger partial charge on any atom is 0.315 e. The number of unbranched alkanes of at least 4 members (excludes halogenated alkanes) is 1. The fourth-order valence-electron chi connectivity index (χ4n) is 5.58. The normalized spacial score (nSPS) is 25.2. The lowest BCUT2D eigenvalue weighted by molar-refractivity contribution is -0.129. The highest BCUT2D eigenvalue weighted by atomic mass is 32.2. The van der Waals surface area contributed by atoms with Gasteiger partial charge in [-0.1, -0.05) is 70.3 Å². The average Bonchev–Trinajstić information content (AvgIpc) is 3.55. The predicted octanol–water partition coefficient (Wildman–Crippen LogP) is 5.11. The third-order valence-electron chi connectivity index (χ3n) is 7.87. The largest absolute Gasteiger partial charge is 0.341 e. The SMILES string of the molecule is C=C.CCCC.O=C(NCC(=O)N1CCCC1)N[C@H](CN1CC2(C=CC=CC2)CS1(=O)=O)C1CCCCC1.[HH].[HH]. The Labute approximate surface area is 234 Å². The Balaban J connectivity index is 0.00000175. The number of hydrogen-bond donors (Lipinski definition) is 2. The van der Waals surface area contributed by atoms with Crippen LogP contribution in [0.5, 0.6) is 0 Å². The van der Waals surface area contributed by atoms with E-state index in [-0.39, 0.29) is 44.5 Å². The molecular weight excluding hydrogens is 500 g/mol. The van der Waals surface area contributed by atoms with Crippen LogP contribution in [0.3, 0.4) is 0 Å². The predicted molar refractivity (Wildman–Crippen MR) is 159 cm³/mol. The molecule has 9 heteroatoms. The number of nitrogens with zero attached hydrogens (tertiary/aromatic N) is 2. The second kappa shape index (κ2) is 16.1. The molecule has 1 spiro atoms. The van der Waals surface area contributed by atoms with Crippen molar-refractivity contribution in [2.45, 2.75) is 84.1 Å². The molecule has 8 nitrogen and oxygen atoms in total. The zero-order valence-corrected chi connectivity index (χ0v) is 24.4. The van der Waals surface area contributed by atoms with Gasteiger partial charge in [0.05, 0.1) is 12.3 Å². The monoisotopic (exact) mass is 554 g/mol. The summed E-state index contributed by atoms with van der Waals surface area (Å²) in [6, 6.07) is -0.648. The molecule has 2 saturated heterocycles. The minimum absolute atomic E-state index is 0. The van der Waals surface area contributed by atoms with Crippen molar-refractivity contribution in [1.29, 1.82) is 0 Å². The maximum atomic E-state index is 13.0. The van der Waals surface area contributed by atoms with Crippen molar-refractivity contribution < 1.29 is 20.9 Å². The van der Waals surface area contributed by atoms with Gasteiger partial charge in [-0.15, -0.1) is 13.2 Å². The number of allylic oxidation sites excluding steroid dienone is 3. The van der Waals surface area contributed by atoms with Gasteiger partial charge in [-0.05, 0) is 38.0 Å². The molecule has 4 rings (SSSR count). The highest BCUT2D eigenvalue weighted by Gasteiger charge is 2.47. The van der Waals surface area contributed by atoms with Crippen LogP contribution >= 0.6 is 0 Å². The molecule has 0 aromatic heterocycles. The first kappa shape index (κ1) is 32.1. The second-order valence-electron chi connectivity index (χ2n) is 10.8. The first-order chi connectivity index (χ1) is 18.3. The number of sulfonamides is 1. The summed E-state index contributed by atoms with van der Waals surface area (Å²) in [5, 5.41) is 5.73. The second-order valence-corrected chi connectivity index (χ2v) is 12.8. The Morgan fingerprint density at radius 2 is 1.71 bits per heavy atom. The number of carbonyl (C=O) groups excluding carboxylic acids is 2. The molecule has 2 aliphatic carbocycles. The van der Waals surface area contributed by atoms with Crippen molar-refractivity contribution in [2.75, 3.05) is 38.5 Å². The van der Waals surface area contributed by atoms with Crippen molar-refractivity contribution in [1.82, 2.24) is 19.8 Å². The van der Waals surface area contributed by atoms with E-state index in [0.29, 0.717) is 13.1 Å². The molecule has 0 bridgehead atoms. The van der Waals surface area contributed by atoms with Crippen LogP contribution in [0.1, 0.15) is 80.9 Å². The van der Waals surface area contributed by atoms with Crippen molar-refractivity contribution in [3.8, 4) is 0 Å². The number of urea groups is 1. The summed E-state index contributed by atoms with van der Waals surface area (Å²) in [5.41, 5.74) is -0.366. The van der Waals surface area contributed by atoms with Crippen molar-refractivity contribution in [3.63, 3.8) is 0 Å². The fourth-order valence-corrected chi connectivity index (χ4v) is 7.64. The highest BCUT2D eigenvalue weighted by Crippen LogP contribution is 2.38. The first-order valence-corrected chi connectivity index (χ1v) is 16.0. The number of hydrogen-bond acceptors (Lipinski definition) is 4. The van der Waals surface area contributed by atoms with Crippen LogP contribution in [-0.2, 0) is 14.8 Å². The Kier molecular flexibility index (Phi) is 13.6. The van der Waals surface area contributed by atoms with E-state index in [4.69, 9.17) is 0 Å². The third-order valence-corrected chi connectivity index (χ3v) is 9.88. The van der Waals surface area contributed by atoms with Crippen LogP contribution in [0.2, 0.25) is 0 Å². The molecule has 1 saturated carbocycles. The van der Waals surface area contributed by atoms with Gasteiger partial charge in [0.25, 0.3) is 0 Å². The summed E-state index contributed by atoms with van der Waals surface area (Å²) in [4.78, 5) is 26.7. The zero-order chi connectivity index (χ0) is 28.0. The van der Waals surface area contributed by atoms with E-state index < -0.39 is 10.0 Å². The van der Waals surface area contributed by atoms with Gasteiger partial charge >= 0.3 is 6.03 Å². The van der Waals surface area contributed by atoms with Gasteiger partial charge in [0, 0.05) is 40.5 Å². The standard InChI is InChI=1S/C23H36N4O4S.C4H10.C2H4.2H2/c28-21(26-13-7-8-14-26)15-24-22(29)25-20(19-9-3-1-4-10-19)16-27-17-23(18-32(27,30)31)11-5-2-6-12-23;1-3-4-2;1-2;;/h2,5-6,11,19-20H,1,3-4,7-10,12-18H2,(H2,24,25,29);3-4H2,1-2H3;1-2H2;2*1H/t20-,23?;;;;/m1..../s1. The molecule has 1 unspecified atom stereocenters. The molecule has 0 aromatic carbocycles. The molecule has 220 valence electrons. The zero-order valence-electron chi connectivity index (χ0n) is 23.6. The molecule has 2 aliphatic heterocycles. The van der Waals surface area contributed by atoms with Gasteiger partial charge in [0.15, 0.2) is 0 Å². The van der Waals surface area contributed by atoms with Gasteiger partial charge < -0.3 is 15.5 Å². The summed E-state index contributed by atoms with van der Waals surface area (Å²) >= 11 is 0. The molecule has 3 amide bonds. The van der Waals surface area contributed by atoms with E-state index in [0.717, 1.165) is 58.0 Å². The van der Waals surface area contributed by atoms with Gasteiger partial charge in [0.1, 0.15) is 0 Å². The summed E-state index contributed by atoms with van der Waals surface area (Å²) in [7, 11) is -3.39. The number of amides is 3. The summed E-state index contributed by atoms with van der Waals surface area (Å²) in [6.45, 7) is 12.6. The van der Waals surface area contributed by atoms with Crippen LogP contribution < -0.4 is 10.6 Å². The Hall–Kier alpha value is -2.13. The van der Waals surface area contributed by atoms with Crippen molar-refractivity contribution in [3.05, 3.63) is 37.5 Å². The minimum Gasteiger partial charge on any atom is -0.341 e. The van der Waals surface area contributed by atoms with Crippen LogP contribution in [0.4, 0.5) is 4.79 Å². The molecule has 2 atom stereocenters. The quantitative estimate of drug-likeness (QED) is 0.428. The molecule has 0 aromatic rings. The minimum atomic E-state index is -3.39. The third kappa shape index (κ3) is 9.56. The summed E-state index contributed by atoms with van der Waals surface area (Å²) in [5.74, 6) is 0.305. The number of nitrogens with one attached hydrogen (secondary N) is 2. The number of rotatable bonds is 7.